The lowest BCUT2D eigenvalue weighted by Crippen LogP contribution is -2.22. The van der Waals surface area contributed by atoms with E-state index in [-0.39, 0.29) is 5.69 Å². The van der Waals surface area contributed by atoms with Gasteiger partial charge in [-0.25, -0.2) is 9.78 Å². The smallest absolute Gasteiger partial charge is 0.328 e. The van der Waals surface area contributed by atoms with E-state index in [1.807, 2.05) is 48.9 Å². The van der Waals surface area contributed by atoms with E-state index in [1.165, 1.54) is 12.8 Å². The number of rotatable bonds is 5. The maximum Gasteiger partial charge on any atom is 0.328 e. The van der Waals surface area contributed by atoms with Crippen LogP contribution in [0.15, 0.2) is 65.6 Å². The van der Waals surface area contributed by atoms with Crippen LogP contribution in [-0.4, -0.2) is 14.1 Å². The number of imidazole rings is 1. The Labute approximate surface area is 169 Å². The topological polar surface area (TPSA) is 49.1 Å². The molecule has 4 aromatic rings. The molecule has 0 N–H and O–H groups in total. The molecular formula is C24H23N3O2. The van der Waals surface area contributed by atoms with Gasteiger partial charge in [0.1, 0.15) is 5.75 Å². The number of aromatic nitrogens is 3. The van der Waals surface area contributed by atoms with Crippen LogP contribution in [0.4, 0.5) is 0 Å². The van der Waals surface area contributed by atoms with Gasteiger partial charge >= 0.3 is 5.69 Å². The summed E-state index contributed by atoms with van der Waals surface area (Å²) in [5.74, 6) is 2.01. The summed E-state index contributed by atoms with van der Waals surface area (Å²) < 4.78 is 9.65. The highest BCUT2D eigenvalue weighted by atomic mass is 16.5. The Morgan fingerprint density at radius 1 is 1.03 bits per heavy atom. The van der Waals surface area contributed by atoms with E-state index in [1.54, 1.807) is 10.8 Å². The number of nitrogens with zero attached hydrogens (tertiary/aromatic N) is 3. The largest absolute Gasteiger partial charge is 0.439 e. The molecule has 2 heterocycles. The molecule has 1 fully saturated rings. The van der Waals surface area contributed by atoms with Crippen LogP contribution in [0.2, 0.25) is 0 Å². The van der Waals surface area contributed by atoms with E-state index in [4.69, 9.17) is 4.74 Å². The Balaban J connectivity index is 1.51. The minimum absolute atomic E-state index is 0.0618. The second kappa shape index (κ2) is 6.92. The monoisotopic (exact) mass is 385 g/mol. The fourth-order valence-corrected chi connectivity index (χ4v) is 3.75. The van der Waals surface area contributed by atoms with E-state index < -0.39 is 0 Å². The lowest BCUT2D eigenvalue weighted by Gasteiger charge is -2.09. The van der Waals surface area contributed by atoms with Gasteiger partial charge in [-0.05, 0) is 67.1 Å². The maximum absolute atomic E-state index is 12.7. The average Bonchev–Trinajstić information content (AvgIpc) is 3.53. The molecule has 0 aliphatic heterocycles. The van der Waals surface area contributed by atoms with E-state index >= 15 is 0 Å². The quantitative estimate of drug-likeness (QED) is 0.490. The highest BCUT2D eigenvalue weighted by molar-refractivity contribution is 5.83. The van der Waals surface area contributed by atoms with Crippen LogP contribution >= 0.6 is 0 Å². The molecule has 2 aromatic carbocycles. The lowest BCUT2D eigenvalue weighted by molar-refractivity contribution is 0.459. The van der Waals surface area contributed by atoms with Crippen LogP contribution in [0.1, 0.15) is 18.4 Å². The molecule has 0 spiro atoms. The zero-order chi connectivity index (χ0) is 20.0. The minimum atomic E-state index is 0.0618. The van der Waals surface area contributed by atoms with Crippen molar-refractivity contribution in [3.05, 3.63) is 76.8 Å². The van der Waals surface area contributed by atoms with Gasteiger partial charge in [0.15, 0.2) is 0 Å². The van der Waals surface area contributed by atoms with Crippen molar-refractivity contribution in [2.24, 2.45) is 13.0 Å². The molecule has 5 rings (SSSR count). The van der Waals surface area contributed by atoms with Crippen molar-refractivity contribution in [3.63, 3.8) is 0 Å². The first kappa shape index (κ1) is 17.7. The summed E-state index contributed by atoms with van der Waals surface area (Å²) in [7, 11) is 1.85. The van der Waals surface area contributed by atoms with Crippen molar-refractivity contribution in [1.82, 2.24) is 14.1 Å². The van der Waals surface area contributed by atoms with Crippen molar-refractivity contribution in [2.75, 3.05) is 0 Å². The molecule has 5 nitrogen and oxygen atoms in total. The molecule has 29 heavy (non-hydrogen) atoms. The van der Waals surface area contributed by atoms with Crippen LogP contribution in [0.3, 0.4) is 0 Å². The molecular weight excluding hydrogens is 362 g/mol. The normalized spacial score (nSPS) is 13.7. The third kappa shape index (κ3) is 3.33. The van der Waals surface area contributed by atoms with E-state index in [2.05, 4.69) is 29.2 Å². The van der Waals surface area contributed by atoms with Gasteiger partial charge in [0, 0.05) is 25.4 Å². The molecule has 0 amide bonds. The molecule has 0 bridgehead atoms. The van der Waals surface area contributed by atoms with Gasteiger partial charge in [-0.3, -0.25) is 9.13 Å². The Morgan fingerprint density at radius 3 is 2.66 bits per heavy atom. The van der Waals surface area contributed by atoms with E-state index in [0.29, 0.717) is 11.8 Å². The van der Waals surface area contributed by atoms with Crippen LogP contribution in [0.25, 0.3) is 22.2 Å². The number of pyridine rings is 1. The van der Waals surface area contributed by atoms with Crippen molar-refractivity contribution in [2.45, 2.75) is 26.3 Å². The zero-order valence-electron chi connectivity index (χ0n) is 16.6. The molecule has 5 heteroatoms. The fraction of sp³-hybridized carbons (Fsp3) is 0.250. The van der Waals surface area contributed by atoms with Crippen LogP contribution in [0.5, 0.6) is 11.6 Å². The summed E-state index contributed by atoms with van der Waals surface area (Å²) >= 11 is 0. The molecule has 0 radical (unpaired) electrons. The van der Waals surface area contributed by atoms with Crippen molar-refractivity contribution in [3.8, 4) is 22.8 Å². The third-order valence-corrected chi connectivity index (χ3v) is 5.63. The molecule has 0 saturated heterocycles. The Kier molecular flexibility index (Phi) is 4.23. The summed E-state index contributed by atoms with van der Waals surface area (Å²) in [6.45, 7) is 2.80. The summed E-state index contributed by atoms with van der Waals surface area (Å²) in [5.41, 5.74) is 5.11. The van der Waals surface area contributed by atoms with Gasteiger partial charge in [-0.15, -0.1) is 0 Å². The number of ether oxygens (including phenoxy) is 1. The van der Waals surface area contributed by atoms with Crippen LogP contribution in [-0.2, 0) is 13.6 Å². The van der Waals surface area contributed by atoms with Crippen LogP contribution < -0.4 is 10.4 Å². The second-order valence-electron chi connectivity index (χ2n) is 7.85. The third-order valence-electron chi connectivity index (χ3n) is 5.63. The van der Waals surface area contributed by atoms with Crippen molar-refractivity contribution < 1.29 is 4.74 Å². The molecule has 1 aliphatic carbocycles. The van der Waals surface area contributed by atoms with Gasteiger partial charge in [0.05, 0.1) is 11.0 Å². The predicted molar refractivity (Wildman–Crippen MR) is 114 cm³/mol. The second-order valence-corrected chi connectivity index (χ2v) is 7.85. The SMILES string of the molecule is Cc1cccnc1Oc1cccc(-c2ccc3c(c2)n(C)c(=O)n3CC2CC2)c1. The van der Waals surface area contributed by atoms with Gasteiger partial charge in [0.2, 0.25) is 5.88 Å². The number of hydrogen-bond acceptors (Lipinski definition) is 3. The number of fused-ring (bicyclic) bond motifs is 1. The Hall–Kier alpha value is -3.34. The molecule has 0 unspecified atom stereocenters. The van der Waals surface area contributed by atoms with E-state index in [9.17, 15) is 4.79 Å². The Bertz CT molecular complexity index is 1260. The first-order valence-electron chi connectivity index (χ1n) is 9.99. The van der Waals surface area contributed by atoms with E-state index in [0.717, 1.165) is 40.0 Å². The zero-order valence-corrected chi connectivity index (χ0v) is 16.6. The van der Waals surface area contributed by atoms with Gasteiger partial charge in [0.25, 0.3) is 0 Å². The molecule has 1 saturated carbocycles. The standard InChI is InChI=1S/C24H23N3O2/c1-16-5-4-12-25-23(16)29-20-7-3-6-18(13-20)19-10-11-21-22(14-19)26(2)24(28)27(21)15-17-8-9-17/h3-7,10-14,17H,8-9,15H2,1-2H3. The molecule has 1 aliphatic rings. The number of aryl methyl sites for hydroxylation is 2. The molecule has 146 valence electrons. The highest BCUT2D eigenvalue weighted by Gasteiger charge is 2.24. The summed E-state index contributed by atoms with van der Waals surface area (Å²) in [6, 6.07) is 18.1. The van der Waals surface area contributed by atoms with Gasteiger partial charge in [-0.2, -0.15) is 0 Å². The van der Waals surface area contributed by atoms with Gasteiger partial charge in [-0.1, -0.05) is 24.3 Å². The molecule has 0 atom stereocenters. The van der Waals surface area contributed by atoms with Crippen molar-refractivity contribution in [1.29, 1.82) is 0 Å². The number of hydrogen-bond donors (Lipinski definition) is 0. The van der Waals surface area contributed by atoms with Gasteiger partial charge < -0.3 is 4.74 Å². The first-order chi connectivity index (χ1) is 14.1. The van der Waals surface area contributed by atoms with Crippen LogP contribution in [0, 0.1) is 12.8 Å². The summed E-state index contributed by atoms with van der Waals surface area (Å²) in [6.07, 6.45) is 4.18. The molecule has 2 aromatic heterocycles. The summed E-state index contributed by atoms with van der Waals surface area (Å²) in [5, 5.41) is 0. The predicted octanol–water partition coefficient (Wildman–Crippen LogP) is 4.91. The summed E-state index contributed by atoms with van der Waals surface area (Å²) in [4.78, 5) is 17.0. The fourth-order valence-electron chi connectivity index (χ4n) is 3.75. The minimum Gasteiger partial charge on any atom is -0.439 e. The average molecular weight is 385 g/mol. The van der Waals surface area contributed by atoms with Crippen molar-refractivity contribution >= 4 is 11.0 Å². The lowest BCUT2D eigenvalue weighted by atomic mass is 10.0. The highest BCUT2D eigenvalue weighted by Crippen LogP contribution is 2.32. The maximum atomic E-state index is 12.7. The number of benzene rings is 2. The Morgan fingerprint density at radius 2 is 1.86 bits per heavy atom. The first-order valence-corrected chi connectivity index (χ1v) is 9.99.